The Kier molecular flexibility index (Phi) is 5.31. The summed E-state index contributed by atoms with van der Waals surface area (Å²) in [5, 5.41) is 6.16. The van der Waals surface area contributed by atoms with E-state index < -0.39 is 13.0 Å². The normalized spacial score (nSPS) is 16.9. The number of hydrogen-bond acceptors (Lipinski definition) is 2. The number of rotatable bonds is 6. The lowest BCUT2D eigenvalue weighted by Gasteiger charge is -2.10. The van der Waals surface area contributed by atoms with Crippen molar-refractivity contribution in [2.75, 3.05) is 26.8 Å². The molecule has 1 fully saturated rings. The highest BCUT2D eigenvalue weighted by Crippen LogP contribution is 2.18. The molecule has 0 bridgehead atoms. The minimum atomic E-state index is -2.39. The minimum absolute atomic E-state index is 0.260. The molecular formula is C9H17F2N3O. The third-order valence-electron chi connectivity index (χ3n) is 1.92. The molecule has 0 aromatic carbocycles. The first-order chi connectivity index (χ1) is 7.22. The van der Waals surface area contributed by atoms with Crippen molar-refractivity contribution in [2.45, 2.75) is 25.3 Å². The van der Waals surface area contributed by atoms with Crippen LogP contribution in [0.25, 0.3) is 0 Å². The molecule has 0 aromatic rings. The summed E-state index contributed by atoms with van der Waals surface area (Å²) < 4.78 is 28.1. The van der Waals surface area contributed by atoms with E-state index in [-0.39, 0.29) is 6.61 Å². The van der Waals surface area contributed by atoms with E-state index in [1.54, 1.807) is 7.05 Å². The number of alkyl halides is 2. The standard InChI is InChI=1S/C9H17F2N3O/c1-12-9(14-7-2-3-7)13-4-5-15-6-8(10)11/h7-8H,2-6H2,1H3,(H2,12,13,14). The fourth-order valence-electron chi connectivity index (χ4n) is 1.03. The molecular weight excluding hydrogens is 204 g/mol. The van der Waals surface area contributed by atoms with Crippen LogP contribution >= 0.6 is 0 Å². The van der Waals surface area contributed by atoms with Crippen LogP contribution < -0.4 is 10.6 Å². The zero-order valence-electron chi connectivity index (χ0n) is 8.80. The molecule has 2 N–H and O–H groups in total. The Labute approximate surface area is 88.1 Å². The number of ether oxygens (including phenoxy) is 1. The smallest absolute Gasteiger partial charge is 0.261 e. The predicted molar refractivity (Wildman–Crippen MR) is 54.3 cm³/mol. The number of halogens is 2. The monoisotopic (exact) mass is 221 g/mol. The second-order valence-electron chi connectivity index (χ2n) is 3.38. The van der Waals surface area contributed by atoms with Crippen molar-refractivity contribution < 1.29 is 13.5 Å². The predicted octanol–water partition coefficient (Wildman–Crippen LogP) is 0.595. The number of nitrogens with zero attached hydrogens (tertiary/aromatic N) is 1. The zero-order valence-corrected chi connectivity index (χ0v) is 8.80. The summed E-state index contributed by atoms with van der Waals surface area (Å²) in [4.78, 5) is 3.99. The van der Waals surface area contributed by atoms with Crippen LogP contribution in [-0.2, 0) is 4.74 Å². The van der Waals surface area contributed by atoms with Crippen molar-refractivity contribution in [3.8, 4) is 0 Å². The zero-order chi connectivity index (χ0) is 11.1. The highest BCUT2D eigenvalue weighted by atomic mass is 19.3. The molecule has 0 amide bonds. The van der Waals surface area contributed by atoms with Gasteiger partial charge in [-0.15, -0.1) is 0 Å². The number of guanidine groups is 1. The van der Waals surface area contributed by atoms with Crippen LogP contribution in [0.4, 0.5) is 8.78 Å². The molecule has 1 rings (SSSR count). The van der Waals surface area contributed by atoms with Crippen LogP contribution in [0, 0.1) is 0 Å². The van der Waals surface area contributed by atoms with Gasteiger partial charge in [0.2, 0.25) is 0 Å². The van der Waals surface area contributed by atoms with Crippen LogP contribution in [0.5, 0.6) is 0 Å². The van der Waals surface area contributed by atoms with Crippen LogP contribution in [0.15, 0.2) is 4.99 Å². The second-order valence-corrected chi connectivity index (χ2v) is 3.38. The fourth-order valence-corrected chi connectivity index (χ4v) is 1.03. The van der Waals surface area contributed by atoms with Crippen LogP contribution in [0.3, 0.4) is 0 Å². The molecule has 0 aromatic heterocycles. The van der Waals surface area contributed by atoms with E-state index in [1.807, 2.05) is 0 Å². The van der Waals surface area contributed by atoms with Crippen molar-refractivity contribution in [1.82, 2.24) is 10.6 Å². The lowest BCUT2D eigenvalue weighted by Crippen LogP contribution is -2.40. The summed E-state index contributed by atoms with van der Waals surface area (Å²) in [5.41, 5.74) is 0. The number of aliphatic imine (C=N–C) groups is 1. The highest BCUT2D eigenvalue weighted by molar-refractivity contribution is 5.80. The van der Waals surface area contributed by atoms with Crippen LogP contribution in [-0.4, -0.2) is 45.2 Å². The molecule has 6 heteroatoms. The maximum Gasteiger partial charge on any atom is 0.261 e. The maximum absolute atomic E-state index is 11.7. The summed E-state index contributed by atoms with van der Waals surface area (Å²) >= 11 is 0. The van der Waals surface area contributed by atoms with E-state index in [0.29, 0.717) is 18.5 Å². The summed E-state index contributed by atoms with van der Waals surface area (Å²) in [6.45, 7) is 0.241. The molecule has 1 aliphatic rings. The van der Waals surface area contributed by atoms with E-state index in [2.05, 4.69) is 15.6 Å². The van der Waals surface area contributed by atoms with Gasteiger partial charge in [0, 0.05) is 19.6 Å². The molecule has 1 saturated carbocycles. The van der Waals surface area contributed by atoms with Crippen LogP contribution in [0.1, 0.15) is 12.8 Å². The third kappa shape index (κ3) is 6.22. The summed E-state index contributed by atoms with van der Waals surface area (Å²) in [6.07, 6.45) is -0.0561. The van der Waals surface area contributed by atoms with Gasteiger partial charge in [-0.1, -0.05) is 0 Å². The van der Waals surface area contributed by atoms with E-state index >= 15 is 0 Å². The average molecular weight is 221 g/mol. The molecule has 0 atom stereocenters. The van der Waals surface area contributed by atoms with Gasteiger partial charge in [-0.2, -0.15) is 0 Å². The van der Waals surface area contributed by atoms with Gasteiger partial charge in [0.15, 0.2) is 5.96 Å². The van der Waals surface area contributed by atoms with Crippen molar-refractivity contribution >= 4 is 5.96 Å². The molecule has 4 nitrogen and oxygen atoms in total. The molecule has 1 aliphatic carbocycles. The largest absolute Gasteiger partial charge is 0.374 e. The SMILES string of the molecule is CN=C(NCCOCC(F)F)NC1CC1. The van der Waals surface area contributed by atoms with Gasteiger partial charge in [-0.3, -0.25) is 4.99 Å². The maximum atomic E-state index is 11.7. The number of nitrogens with one attached hydrogen (secondary N) is 2. The Morgan fingerprint density at radius 2 is 2.27 bits per heavy atom. The van der Waals surface area contributed by atoms with E-state index in [0.717, 1.165) is 0 Å². The molecule has 0 saturated heterocycles. The molecule has 0 spiro atoms. The van der Waals surface area contributed by atoms with E-state index in [4.69, 9.17) is 4.74 Å². The van der Waals surface area contributed by atoms with Gasteiger partial charge in [-0.05, 0) is 12.8 Å². The first kappa shape index (κ1) is 12.2. The van der Waals surface area contributed by atoms with Gasteiger partial charge < -0.3 is 15.4 Å². The summed E-state index contributed by atoms with van der Waals surface area (Å²) in [5.74, 6) is 0.707. The summed E-state index contributed by atoms with van der Waals surface area (Å²) in [6, 6.07) is 0.526. The average Bonchev–Trinajstić information content (AvgIpc) is 2.99. The Bertz CT molecular complexity index is 208. The van der Waals surface area contributed by atoms with Crippen LogP contribution in [0.2, 0.25) is 0 Å². The van der Waals surface area contributed by atoms with E-state index in [9.17, 15) is 8.78 Å². The van der Waals surface area contributed by atoms with Crippen molar-refractivity contribution in [3.05, 3.63) is 0 Å². The molecule has 0 aliphatic heterocycles. The Morgan fingerprint density at radius 3 is 2.80 bits per heavy atom. The lowest BCUT2D eigenvalue weighted by atomic mass is 10.6. The quantitative estimate of drug-likeness (QED) is 0.392. The molecule has 0 radical (unpaired) electrons. The van der Waals surface area contributed by atoms with E-state index in [1.165, 1.54) is 12.8 Å². The summed E-state index contributed by atoms with van der Waals surface area (Å²) in [7, 11) is 1.68. The van der Waals surface area contributed by atoms with Crippen molar-refractivity contribution in [1.29, 1.82) is 0 Å². The molecule has 88 valence electrons. The molecule has 0 heterocycles. The molecule has 15 heavy (non-hydrogen) atoms. The first-order valence-electron chi connectivity index (χ1n) is 5.05. The van der Waals surface area contributed by atoms with Crippen molar-refractivity contribution in [3.63, 3.8) is 0 Å². The topological polar surface area (TPSA) is 45.7 Å². The highest BCUT2D eigenvalue weighted by Gasteiger charge is 2.21. The third-order valence-corrected chi connectivity index (χ3v) is 1.92. The fraction of sp³-hybridized carbons (Fsp3) is 0.889. The van der Waals surface area contributed by atoms with Gasteiger partial charge in [0.05, 0.1) is 6.61 Å². The Hall–Kier alpha value is -0.910. The van der Waals surface area contributed by atoms with Gasteiger partial charge in [-0.25, -0.2) is 8.78 Å². The number of hydrogen-bond donors (Lipinski definition) is 2. The first-order valence-corrected chi connectivity index (χ1v) is 5.05. The van der Waals surface area contributed by atoms with Gasteiger partial charge >= 0.3 is 0 Å². The van der Waals surface area contributed by atoms with Crippen molar-refractivity contribution in [2.24, 2.45) is 4.99 Å². The molecule has 0 unspecified atom stereocenters. The Morgan fingerprint density at radius 1 is 1.53 bits per heavy atom. The lowest BCUT2D eigenvalue weighted by molar-refractivity contribution is 0.0196. The van der Waals surface area contributed by atoms with Gasteiger partial charge in [0.25, 0.3) is 6.43 Å². The second kappa shape index (κ2) is 6.55. The van der Waals surface area contributed by atoms with Gasteiger partial charge in [0.1, 0.15) is 6.61 Å². The minimum Gasteiger partial charge on any atom is -0.374 e. The Balaban J connectivity index is 1.97.